The Morgan fingerprint density at radius 2 is 1.89 bits per heavy atom. The Labute approximate surface area is 114 Å². The van der Waals surface area contributed by atoms with Crippen LogP contribution in [0, 0.1) is 11.8 Å². The zero-order chi connectivity index (χ0) is 13.3. The van der Waals surface area contributed by atoms with E-state index >= 15 is 0 Å². The third kappa shape index (κ3) is 2.86. The molecule has 1 aromatic carbocycles. The molecule has 1 aliphatic heterocycles. The van der Waals surface area contributed by atoms with Crippen molar-refractivity contribution >= 4 is 23.1 Å². The van der Waals surface area contributed by atoms with E-state index in [0.29, 0.717) is 22.4 Å². The summed E-state index contributed by atoms with van der Waals surface area (Å²) in [4.78, 5) is 13.7. The summed E-state index contributed by atoms with van der Waals surface area (Å²) in [7, 11) is 0. The number of nitrogens with zero attached hydrogens (tertiary/aromatic N) is 1. The number of benzene rings is 1. The number of hydrogen-bond acceptors (Lipinski definition) is 2. The van der Waals surface area contributed by atoms with Crippen LogP contribution in [0.1, 0.15) is 37.6 Å². The molecule has 2 atom stereocenters. The quantitative estimate of drug-likeness (QED) is 0.753. The third-order valence-electron chi connectivity index (χ3n) is 3.56. The minimum Gasteiger partial charge on any atom is -0.370 e. The van der Waals surface area contributed by atoms with Gasteiger partial charge in [0, 0.05) is 18.7 Å². The van der Waals surface area contributed by atoms with Gasteiger partial charge in [0.15, 0.2) is 5.78 Å². The van der Waals surface area contributed by atoms with Crippen molar-refractivity contribution in [2.75, 3.05) is 18.0 Å². The first-order valence-corrected chi connectivity index (χ1v) is 6.90. The van der Waals surface area contributed by atoms with Crippen molar-refractivity contribution in [3.05, 3.63) is 28.8 Å². The van der Waals surface area contributed by atoms with Crippen LogP contribution in [0.25, 0.3) is 0 Å². The molecule has 1 aliphatic rings. The van der Waals surface area contributed by atoms with Crippen molar-refractivity contribution in [2.45, 2.75) is 27.2 Å². The molecular formula is C15H20ClNO. The van der Waals surface area contributed by atoms with Crippen LogP contribution >= 0.6 is 11.6 Å². The molecule has 1 aromatic rings. The second kappa shape index (κ2) is 5.31. The molecule has 2 unspecified atom stereocenters. The lowest BCUT2D eigenvalue weighted by atomic mass is 9.91. The number of carbonyl (C=O) groups excluding carboxylic acids is 1. The van der Waals surface area contributed by atoms with Gasteiger partial charge in [-0.05, 0) is 43.4 Å². The van der Waals surface area contributed by atoms with Crippen LogP contribution < -0.4 is 4.90 Å². The van der Waals surface area contributed by atoms with Crippen LogP contribution in [0.15, 0.2) is 18.2 Å². The number of ketones is 1. The van der Waals surface area contributed by atoms with E-state index in [1.807, 2.05) is 12.1 Å². The average molecular weight is 266 g/mol. The van der Waals surface area contributed by atoms with Crippen LogP contribution in [0.2, 0.25) is 5.02 Å². The molecule has 0 aromatic heterocycles. The van der Waals surface area contributed by atoms with E-state index < -0.39 is 0 Å². The predicted molar refractivity (Wildman–Crippen MR) is 76.6 cm³/mol. The Kier molecular flexibility index (Phi) is 3.96. The Balaban J connectivity index is 2.25. The molecule has 98 valence electrons. The molecule has 1 saturated heterocycles. The molecule has 1 heterocycles. The lowest BCUT2D eigenvalue weighted by molar-refractivity contribution is 0.101. The molecule has 0 N–H and O–H groups in total. The predicted octanol–water partition coefficient (Wildman–Crippen LogP) is 4.02. The van der Waals surface area contributed by atoms with Crippen LogP contribution in [0.3, 0.4) is 0 Å². The summed E-state index contributed by atoms with van der Waals surface area (Å²) in [5, 5.41) is 0.684. The maximum absolute atomic E-state index is 11.3. The Morgan fingerprint density at radius 3 is 2.39 bits per heavy atom. The summed E-state index contributed by atoms with van der Waals surface area (Å²) < 4.78 is 0. The van der Waals surface area contributed by atoms with E-state index in [1.54, 1.807) is 13.0 Å². The number of piperidine rings is 1. The first-order chi connectivity index (χ1) is 8.47. The van der Waals surface area contributed by atoms with Gasteiger partial charge in [-0.25, -0.2) is 0 Å². The van der Waals surface area contributed by atoms with Gasteiger partial charge in [0.1, 0.15) is 0 Å². The topological polar surface area (TPSA) is 20.3 Å². The number of halogens is 1. The summed E-state index contributed by atoms with van der Waals surface area (Å²) in [6.45, 7) is 8.21. The molecule has 3 heteroatoms. The number of Topliss-reactive ketones (excluding diaryl/α,β-unsaturated/α-hetero) is 1. The molecule has 0 aliphatic carbocycles. The maximum Gasteiger partial charge on any atom is 0.159 e. The molecule has 0 radical (unpaired) electrons. The highest BCUT2D eigenvalue weighted by molar-refractivity contribution is 6.33. The fourth-order valence-electron chi connectivity index (χ4n) is 2.84. The van der Waals surface area contributed by atoms with E-state index in [0.717, 1.165) is 18.8 Å². The van der Waals surface area contributed by atoms with Crippen molar-refractivity contribution < 1.29 is 4.79 Å². The van der Waals surface area contributed by atoms with Crippen molar-refractivity contribution in [3.63, 3.8) is 0 Å². The number of hydrogen-bond donors (Lipinski definition) is 0. The highest BCUT2D eigenvalue weighted by Crippen LogP contribution is 2.32. The van der Waals surface area contributed by atoms with Gasteiger partial charge in [-0.15, -0.1) is 0 Å². The molecular weight excluding hydrogens is 246 g/mol. The van der Waals surface area contributed by atoms with Gasteiger partial charge in [-0.3, -0.25) is 4.79 Å². The third-order valence-corrected chi connectivity index (χ3v) is 3.87. The first kappa shape index (κ1) is 13.4. The van der Waals surface area contributed by atoms with E-state index in [4.69, 9.17) is 11.6 Å². The molecule has 2 rings (SSSR count). The Hall–Kier alpha value is -1.02. The number of anilines is 1. The van der Waals surface area contributed by atoms with Crippen molar-refractivity contribution in [2.24, 2.45) is 11.8 Å². The summed E-state index contributed by atoms with van der Waals surface area (Å²) in [5.74, 6) is 1.44. The summed E-state index contributed by atoms with van der Waals surface area (Å²) in [6, 6.07) is 5.63. The Morgan fingerprint density at radius 1 is 1.28 bits per heavy atom. The number of carbonyl (C=O) groups is 1. The molecule has 0 spiro atoms. The monoisotopic (exact) mass is 265 g/mol. The minimum atomic E-state index is 0.0591. The molecule has 0 saturated carbocycles. The normalized spacial score (nSPS) is 24.1. The first-order valence-electron chi connectivity index (χ1n) is 6.52. The average Bonchev–Trinajstić information content (AvgIpc) is 2.27. The van der Waals surface area contributed by atoms with Crippen molar-refractivity contribution in [3.8, 4) is 0 Å². The zero-order valence-corrected chi connectivity index (χ0v) is 12.0. The fraction of sp³-hybridized carbons (Fsp3) is 0.533. The zero-order valence-electron chi connectivity index (χ0n) is 11.2. The van der Waals surface area contributed by atoms with Crippen LogP contribution in [-0.4, -0.2) is 18.9 Å². The van der Waals surface area contributed by atoms with Crippen LogP contribution in [0.4, 0.5) is 5.69 Å². The summed E-state index contributed by atoms with van der Waals surface area (Å²) in [6.07, 6.45) is 1.28. The minimum absolute atomic E-state index is 0.0591. The second-order valence-electron chi connectivity index (χ2n) is 5.57. The lowest BCUT2D eigenvalue weighted by Crippen LogP contribution is -2.38. The lowest BCUT2D eigenvalue weighted by Gasteiger charge is -2.37. The standard InChI is InChI=1S/C15H20ClNO/c1-10-6-11(2)9-17(8-10)15-5-4-13(12(3)18)7-14(15)16/h4-5,7,10-11H,6,8-9H2,1-3H3. The van der Waals surface area contributed by atoms with Crippen molar-refractivity contribution in [1.82, 2.24) is 0 Å². The van der Waals surface area contributed by atoms with Gasteiger partial charge in [0.2, 0.25) is 0 Å². The summed E-state index contributed by atoms with van der Waals surface area (Å²) in [5.41, 5.74) is 1.74. The van der Waals surface area contributed by atoms with Gasteiger partial charge in [-0.1, -0.05) is 25.4 Å². The van der Waals surface area contributed by atoms with Gasteiger partial charge in [-0.2, -0.15) is 0 Å². The molecule has 2 nitrogen and oxygen atoms in total. The van der Waals surface area contributed by atoms with E-state index in [2.05, 4.69) is 18.7 Å². The Bertz CT molecular complexity index is 448. The largest absolute Gasteiger partial charge is 0.370 e. The molecule has 0 amide bonds. The highest BCUT2D eigenvalue weighted by Gasteiger charge is 2.23. The van der Waals surface area contributed by atoms with Gasteiger partial charge in [0.05, 0.1) is 10.7 Å². The smallest absolute Gasteiger partial charge is 0.159 e. The van der Waals surface area contributed by atoms with Gasteiger partial charge in [0.25, 0.3) is 0 Å². The SMILES string of the molecule is CC(=O)c1ccc(N2CC(C)CC(C)C2)c(Cl)c1. The van der Waals surface area contributed by atoms with E-state index in [1.165, 1.54) is 6.42 Å². The van der Waals surface area contributed by atoms with Crippen LogP contribution in [-0.2, 0) is 0 Å². The van der Waals surface area contributed by atoms with Crippen LogP contribution in [0.5, 0.6) is 0 Å². The molecule has 0 bridgehead atoms. The highest BCUT2D eigenvalue weighted by atomic mass is 35.5. The van der Waals surface area contributed by atoms with Crippen molar-refractivity contribution in [1.29, 1.82) is 0 Å². The second-order valence-corrected chi connectivity index (χ2v) is 5.98. The molecule has 1 fully saturated rings. The van der Waals surface area contributed by atoms with E-state index in [9.17, 15) is 4.79 Å². The molecule has 18 heavy (non-hydrogen) atoms. The van der Waals surface area contributed by atoms with E-state index in [-0.39, 0.29) is 5.78 Å². The maximum atomic E-state index is 11.3. The van der Waals surface area contributed by atoms with Gasteiger partial charge >= 0.3 is 0 Å². The number of rotatable bonds is 2. The fourth-order valence-corrected chi connectivity index (χ4v) is 3.14. The van der Waals surface area contributed by atoms with Gasteiger partial charge < -0.3 is 4.90 Å². The summed E-state index contributed by atoms with van der Waals surface area (Å²) >= 11 is 6.31.